The van der Waals surface area contributed by atoms with E-state index in [9.17, 15) is 4.79 Å². The van der Waals surface area contributed by atoms with Gasteiger partial charge in [0.25, 0.3) is 0 Å². The third-order valence-corrected chi connectivity index (χ3v) is 3.48. The van der Waals surface area contributed by atoms with Crippen LogP contribution in [0.5, 0.6) is 0 Å². The van der Waals surface area contributed by atoms with Gasteiger partial charge in [0.05, 0.1) is 12.1 Å². The van der Waals surface area contributed by atoms with Gasteiger partial charge in [0, 0.05) is 16.8 Å². The highest BCUT2D eigenvalue weighted by atomic mass is 32.1. The number of nitrogens with zero attached hydrogens (tertiary/aromatic N) is 1. The van der Waals surface area contributed by atoms with Crippen molar-refractivity contribution in [2.45, 2.75) is 20.4 Å². The van der Waals surface area contributed by atoms with Crippen molar-refractivity contribution in [2.24, 2.45) is 0 Å². The van der Waals surface area contributed by atoms with Crippen molar-refractivity contribution >= 4 is 23.0 Å². The summed E-state index contributed by atoms with van der Waals surface area (Å²) in [5.74, 6) is -0.894. The Bertz CT molecular complexity index is 578. The number of nitrogens with one attached hydrogen (secondary N) is 1. The molecule has 1 aromatic heterocycles. The van der Waals surface area contributed by atoms with E-state index in [-0.39, 0.29) is 0 Å². The molecule has 0 spiro atoms. The molecule has 2 N–H and O–H groups in total. The summed E-state index contributed by atoms with van der Waals surface area (Å²) in [5.41, 5.74) is 2.00. The fraction of sp³-hybridized carbons (Fsp3) is 0.231. The predicted molar refractivity (Wildman–Crippen MR) is 72.3 cm³/mol. The number of hydrogen-bond donors (Lipinski definition) is 2. The van der Waals surface area contributed by atoms with Crippen LogP contribution in [0, 0.1) is 13.8 Å². The van der Waals surface area contributed by atoms with E-state index in [2.05, 4.69) is 10.3 Å². The summed E-state index contributed by atoms with van der Waals surface area (Å²) in [6, 6.07) is 5.23. The minimum atomic E-state index is -0.894. The molecular formula is C13H14N2O2S. The SMILES string of the molecule is Cc1cnc(CNc2ccc(C(=O)O)c(C)c2)s1. The monoisotopic (exact) mass is 262 g/mol. The lowest BCUT2D eigenvalue weighted by molar-refractivity contribution is 0.0696. The molecule has 1 aromatic carbocycles. The molecule has 0 aliphatic heterocycles. The second-order valence-corrected chi connectivity index (χ2v) is 5.37. The quantitative estimate of drug-likeness (QED) is 0.889. The van der Waals surface area contributed by atoms with Crippen LogP contribution in [-0.2, 0) is 6.54 Å². The Hall–Kier alpha value is -1.88. The fourth-order valence-corrected chi connectivity index (χ4v) is 2.40. The van der Waals surface area contributed by atoms with Gasteiger partial charge in [0.1, 0.15) is 5.01 Å². The first kappa shape index (κ1) is 12.6. The lowest BCUT2D eigenvalue weighted by Crippen LogP contribution is -2.02. The Labute approximate surface area is 109 Å². The van der Waals surface area contributed by atoms with Crippen LogP contribution in [0.3, 0.4) is 0 Å². The van der Waals surface area contributed by atoms with Gasteiger partial charge >= 0.3 is 5.97 Å². The summed E-state index contributed by atoms with van der Waals surface area (Å²) in [4.78, 5) is 16.3. The van der Waals surface area contributed by atoms with Crippen molar-refractivity contribution in [3.8, 4) is 0 Å². The Morgan fingerprint density at radius 3 is 2.78 bits per heavy atom. The molecule has 0 aliphatic carbocycles. The molecule has 2 rings (SSSR count). The number of carboxylic acids is 1. The van der Waals surface area contributed by atoms with Gasteiger partial charge in [-0.2, -0.15) is 0 Å². The first-order chi connectivity index (χ1) is 8.56. The maximum Gasteiger partial charge on any atom is 0.335 e. The van der Waals surface area contributed by atoms with E-state index in [1.54, 1.807) is 30.4 Å². The van der Waals surface area contributed by atoms with Crippen molar-refractivity contribution in [3.63, 3.8) is 0 Å². The minimum absolute atomic E-state index is 0.339. The standard InChI is InChI=1S/C13H14N2O2S/c1-8-5-10(3-4-11(8)13(16)17)14-7-12-15-6-9(2)18-12/h3-6,14H,7H2,1-2H3,(H,16,17). The zero-order valence-electron chi connectivity index (χ0n) is 10.2. The van der Waals surface area contributed by atoms with Crippen molar-refractivity contribution in [2.75, 3.05) is 5.32 Å². The molecule has 0 fully saturated rings. The summed E-state index contributed by atoms with van der Waals surface area (Å²) in [6.07, 6.45) is 1.85. The molecule has 0 bridgehead atoms. The Balaban J connectivity index is 2.06. The van der Waals surface area contributed by atoms with Crippen molar-refractivity contribution in [1.29, 1.82) is 0 Å². The van der Waals surface area contributed by atoms with Gasteiger partial charge in [0.2, 0.25) is 0 Å². The van der Waals surface area contributed by atoms with Crippen molar-refractivity contribution < 1.29 is 9.90 Å². The van der Waals surface area contributed by atoms with E-state index in [1.807, 2.05) is 19.2 Å². The average Bonchev–Trinajstić information content (AvgIpc) is 2.72. The van der Waals surface area contributed by atoms with Crippen LogP contribution in [-0.4, -0.2) is 16.1 Å². The summed E-state index contributed by atoms with van der Waals surface area (Å²) in [7, 11) is 0. The van der Waals surface area contributed by atoms with E-state index in [4.69, 9.17) is 5.11 Å². The van der Waals surface area contributed by atoms with E-state index in [0.717, 1.165) is 16.3 Å². The number of carbonyl (C=O) groups is 1. The van der Waals surface area contributed by atoms with E-state index in [0.29, 0.717) is 12.1 Å². The number of benzene rings is 1. The number of carboxylic acid groups (broad SMARTS) is 1. The van der Waals surface area contributed by atoms with Gasteiger partial charge in [0.15, 0.2) is 0 Å². The van der Waals surface area contributed by atoms with Gasteiger partial charge in [-0.25, -0.2) is 9.78 Å². The van der Waals surface area contributed by atoms with Crippen LogP contribution in [0.4, 0.5) is 5.69 Å². The topological polar surface area (TPSA) is 62.2 Å². The number of hydrogen-bond acceptors (Lipinski definition) is 4. The molecular weight excluding hydrogens is 248 g/mol. The fourth-order valence-electron chi connectivity index (χ4n) is 1.67. The summed E-state index contributed by atoms with van der Waals surface area (Å²) >= 11 is 1.65. The van der Waals surface area contributed by atoms with Crippen molar-refractivity contribution in [3.05, 3.63) is 45.4 Å². The highest BCUT2D eigenvalue weighted by molar-refractivity contribution is 7.11. The number of thiazole rings is 1. The smallest absolute Gasteiger partial charge is 0.335 e. The highest BCUT2D eigenvalue weighted by Gasteiger charge is 2.07. The Morgan fingerprint density at radius 2 is 2.22 bits per heavy atom. The highest BCUT2D eigenvalue weighted by Crippen LogP contribution is 2.17. The van der Waals surface area contributed by atoms with Gasteiger partial charge in [-0.3, -0.25) is 0 Å². The number of aromatic carboxylic acids is 1. The summed E-state index contributed by atoms with van der Waals surface area (Å²) in [5, 5.41) is 13.2. The summed E-state index contributed by atoms with van der Waals surface area (Å²) in [6.45, 7) is 4.47. The maximum absolute atomic E-state index is 10.9. The molecule has 0 saturated heterocycles. The van der Waals surface area contributed by atoms with Crippen LogP contribution in [0.2, 0.25) is 0 Å². The molecule has 0 aliphatic rings. The molecule has 0 saturated carbocycles. The largest absolute Gasteiger partial charge is 0.478 e. The van der Waals surface area contributed by atoms with Crippen LogP contribution in [0.1, 0.15) is 25.8 Å². The van der Waals surface area contributed by atoms with Crippen molar-refractivity contribution in [1.82, 2.24) is 4.98 Å². The van der Waals surface area contributed by atoms with E-state index in [1.165, 1.54) is 4.88 Å². The molecule has 0 unspecified atom stereocenters. The third-order valence-electron chi connectivity index (χ3n) is 2.57. The van der Waals surface area contributed by atoms with E-state index >= 15 is 0 Å². The van der Waals surface area contributed by atoms with Gasteiger partial charge in [-0.1, -0.05) is 0 Å². The molecule has 18 heavy (non-hydrogen) atoms. The second kappa shape index (κ2) is 5.18. The lowest BCUT2D eigenvalue weighted by Gasteiger charge is -2.07. The molecule has 2 aromatic rings. The Morgan fingerprint density at radius 1 is 1.44 bits per heavy atom. The first-order valence-corrected chi connectivity index (χ1v) is 6.37. The second-order valence-electron chi connectivity index (χ2n) is 4.05. The molecule has 94 valence electrons. The number of rotatable bonds is 4. The van der Waals surface area contributed by atoms with Gasteiger partial charge in [-0.15, -0.1) is 11.3 Å². The van der Waals surface area contributed by atoms with E-state index < -0.39 is 5.97 Å². The maximum atomic E-state index is 10.9. The average molecular weight is 262 g/mol. The summed E-state index contributed by atoms with van der Waals surface area (Å²) < 4.78 is 0. The zero-order chi connectivity index (χ0) is 13.1. The molecule has 0 radical (unpaired) electrons. The molecule has 4 nitrogen and oxygen atoms in total. The normalized spacial score (nSPS) is 10.3. The molecule has 5 heteroatoms. The molecule has 0 amide bonds. The lowest BCUT2D eigenvalue weighted by atomic mass is 10.1. The molecule has 1 heterocycles. The van der Waals surface area contributed by atoms with Crippen LogP contribution < -0.4 is 5.32 Å². The predicted octanol–water partition coefficient (Wildman–Crippen LogP) is 3.07. The first-order valence-electron chi connectivity index (χ1n) is 5.55. The van der Waals surface area contributed by atoms with Gasteiger partial charge in [-0.05, 0) is 37.6 Å². The Kier molecular flexibility index (Phi) is 3.62. The van der Waals surface area contributed by atoms with Crippen LogP contribution >= 0.6 is 11.3 Å². The number of aromatic nitrogens is 1. The van der Waals surface area contributed by atoms with Crippen LogP contribution in [0.15, 0.2) is 24.4 Å². The minimum Gasteiger partial charge on any atom is -0.478 e. The zero-order valence-corrected chi connectivity index (χ0v) is 11.0. The molecule has 0 atom stereocenters. The number of aryl methyl sites for hydroxylation is 2. The van der Waals surface area contributed by atoms with Gasteiger partial charge < -0.3 is 10.4 Å². The third kappa shape index (κ3) is 2.87. The number of anilines is 1. The van der Waals surface area contributed by atoms with Crippen LogP contribution in [0.25, 0.3) is 0 Å².